The molecule has 25 heavy (non-hydrogen) atoms. The molecule has 0 unspecified atom stereocenters. The van der Waals surface area contributed by atoms with Gasteiger partial charge in [-0.1, -0.05) is 0 Å². The molecule has 1 aromatic carbocycles. The van der Waals surface area contributed by atoms with Crippen molar-refractivity contribution in [3.05, 3.63) is 36.9 Å². The van der Waals surface area contributed by atoms with E-state index in [9.17, 15) is 4.79 Å². The molecular formula is C16H16ClN5O3. The smallest absolute Gasteiger partial charge is 0.325 e. The highest BCUT2D eigenvalue weighted by atomic mass is 35.5. The highest BCUT2D eigenvalue weighted by molar-refractivity contribution is 6.17. The number of anilines is 2. The van der Waals surface area contributed by atoms with Crippen molar-refractivity contribution >= 4 is 40.0 Å². The van der Waals surface area contributed by atoms with Crippen LogP contribution in [0.3, 0.4) is 0 Å². The average Bonchev–Trinajstić information content (AvgIpc) is 3.01. The van der Waals surface area contributed by atoms with Crippen molar-refractivity contribution in [3.8, 4) is 5.75 Å². The van der Waals surface area contributed by atoms with Gasteiger partial charge < -0.3 is 15.2 Å². The van der Waals surface area contributed by atoms with E-state index in [0.717, 1.165) is 23.1 Å². The summed E-state index contributed by atoms with van der Waals surface area (Å²) in [6, 6.07) is 5.55. The zero-order chi connectivity index (χ0) is 17.6. The van der Waals surface area contributed by atoms with Gasteiger partial charge in [-0.15, -0.1) is 11.6 Å². The Labute approximate surface area is 148 Å². The number of alkyl halides is 1. The number of halogens is 1. The van der Waals surface area contributed by atoms with Gasteiger partial charge in [-0.2, -0.15) is 5.10 Å². The van der Waals surface area contributed by atoms with E-state index in [4.69, 9.17) is 21.4 Å². The maximum Gasteiger partial charge on any atom is 0.325 e. The molecule has 2 N–H and O–H groups in total. The molecule has 0 aliphatic carbocycles. The van der Waals surface area contributed by atoms with Crippen LogP contribution in [0.2, 0.25) is 0 Å². The van der Waals surface area contributed by atoms with Crippen LogP contribution in [0.1, 0.15) is 6.42 Å². The highest BCUT2D eigenvalue weighted by Crippen LogP contribution is 2.26. The van der Waals surface area contributed by atoms with Gasteiger partial charge in [0.15, 0.2) is 0 Å². The molecule has 0 saturated carbocycles. The highest BCUT2D eigenvalue weighted by Gasteiger charge is 2.08. The van der Waals surface area contributed by atoms with E-state index in [0.29, 0.717) is 24.0 Å². The van der Waals surface area contributed by atoms with Crippen molar-refractivity contribution in [3.63, 3.8) is 0 Å². The summed E-state index contributed by atoms with van der Waals surface area (Å²) in [7, 11) is 0. The van der Waals surface area contributed by atoms with Gasteiger partial charge in [0.2, 0.25) is 0 Å². The number of aliphatic carboxylic acids is 1. The van der Waals surface area contributed by atoms with Gasteiger partial charge in [0, 0.05) is 23.5 Å². The monoisotopic (exact) mass is 361 g/mol. The lowest BCUT2D eigenvalue weighted by atomic mass is 10.2. The van der Waals surface area contributed by atoms with Gasteiger partial charge in [-0.05, 0) is 18.6 Å². The van der Waals surface area contributed by atoms with Crippen LogP contribution in [0.15, 0.2) is 36.9 Å². The lowest BCUT2D eigenvalue weighted by molar-refractivity contribution is -0.137. The third kappa shape index (κ3) is 4.36. The largest absolute Gasteiger partial charge is 0.493 e. The molecule has 3 rings (SSSR count). The van der Waals surface area contributed by atoms with Crippen molar-refractivity contribution in [1.29, 1.82) is 0 Å². The normalized spacial score (nSPS) is 10.8. The standard InChI is InChI=1S/C16H16ClN5O3/c17-4-1-5-25-12-2-3-13-14(6-12)18-10-19-16(13)21-11-7-20-22(8-11)9-15(23)24/h2-3,6-8,10H,1,4-5,9H2,(H,23,24)(H,18,19,21). The summed E-state index contributed by atoms with van der Waals surface area (Å²) in [5.41, 5.74) is 1.38. The van der Waals surface area contributed by atoms with Crippen molar-refractivity contribution in [2.24, 2.45) is 0 Å². The fourth-order valence-electron chi connectivity index (χ4n) is 2.26. The van der Waals surface area contributed by atoms with Crippen LogP contribution in [-0.2, 0) is 11.3 Å². The number of benzene rings is 1. The number of carboxylic acids is 1. The Morgan fingerprint density at radius 3 is 3.04 bits per heavy atom. The minimum atomic E-state index is -0.955. The summed E-state index contributed by atoms with van der Waals surface area (Å²) in [6.45, 7) is 0.350. The maximum absolute atomic E-state index is 10.7. The predicted molar refractivity (Wildman–Crippen MR) is 93.5 cm³/mol. The number of hydrogen-bond donors (Lipinski definition) is 2. The predicted octanol–water partition coefficient (Wildman–Crippen LogP) is 2.66. The van der Waals surface area contributed by atoms with E-state index in [1.807, 2.05) is 18.2 Å². The molecule has 3 aromatic rings. The molecule has 0 aliphatic rings. The fourth-order valence-corrected chi connectivity index (χ4v) is 2.37. The molecule has 0 saturated heterocycles. The van der Waals surface area contributed by atoms with E-state index < -0.39 is 5.97 Å². The quantitative estimate of drug-likeness (QED) is 0.469. The minimum absolute atomic E-state index is 0.199. The number of nitrogens with zero attached hydrogens (tertiary/aromatic N) is 4. The molecule has 2 aromatic heterocycles. The fraction of sp³-hybridized carbons (Fsp3) is 0.250. The molecule has 9 heteroatoms. The van der Waals surface area contributed by atoms with E-state index in [1.165, 1.54) is 11.0 Å². The molecule has 8 nitrogen and oxygen atoms in total. The zero-order valence-electron chi connectivity index (χ0n) is 13.2. The van der Waals surface area contributed by atoms with E-state index >= 15 is 0 Å². The topological polar surface area (TPSA) is 102 Å². The SMILES string of the molecule is O=C(O)Cn1cc(Nc2ncnc3cc(OCCCCl)ccc23)cn1. The van der Waals surface area contributed by atoms with Gasteiger partial charge in [-0.3, -0.25) is 9.48 Å². The minimum Gasteiger partial charge on any atom is -0.493 e. The number of carbonyl (C=O) groups is 1. The number of ether oxygens (including phenoxy) is 1. The van der Waals surface area contributed by atoms with Crippen molar-refractivity contribution in [1.82, 2.24) is 19.7 Å². The second-order valence-electron chi connectivity index (χ2n) is 5.24. The second-order valence-corrected chi connectivity index (χ2v) is 5.62. The lowest BCUT2D eigenvalue weighted by Gasteiger charge is -2.09. The van der Waals surface area contributed by atoms with Gasteiger partial charge in [0.25, 0.3) is 0 Å². The van der Waals surface area contributed by atoms with Gasteiger partial charge in [0.1, 0.15) is 24.4 Å². The van der Waals surface area contributed by atoms with Crippen LogP contribution < -0.4 is 10.1 Å². The van der Waals surface area contributed by atoms with Crippen LogP contribution in [0.5, 0.6) is 5.75 Å². The molecule has 0 atom stereocenters. The molecule has 0 aliphatic heterocycles. The number of rotatable bonds is 8. The molecule has 0 fully saturated rings. The summed E-state index contributed by atoms with van der Waals surface area (Å²) in [5.74, 6) is 0.923. The number of carboxylic acid groups (broad SMARTS) is 1. The number of nitrogens with one attached hydrogen (secondary N) is 1. The van der Waals surface area contributed by atoms with Crippen molar-refractivity contribution in [2.45, 2.75) is 13.0 Å². The first-order chi connectivity index (χ1) is 12.2. The number of aromatic nitrogens is 4. The third-order valence-electron chi connectivity index (χ3n) is 3.35. The molecule has 0 bridgehead atoms. The Bertz CT molecular complexity index is 883. The number of fused-ring (bicyclic) bond motifs is 1. The van der Waals surface area contributed by atoms with Crippen LogP contribution in [0.25, 0.3) is 10.9 Å². The first-order valence-corrected chi connectivity index (χ1v) is 8.14. The van der Waals surface area contributed by atoms with E-state index in [-0.39, 0.29) is 6.54 Å². The molecule has 0 spiro atoms. The molecule has 0 radical (unpaired) electrons. The van der Waals surface area contributed by atoms with Gasteiger partial charge >= 0.3 is 5.97 Å². The Kier molecular flexibility index (Phi) is 5.30. The summed E-state index contributed by atoms with van der Waals surface area (Å²) in [6.07, 6.45) is 5.37. The number of hydrogen-bond acceptors (Lipinski definition) is 6. The summed E-state index contributed by atoms with van der Waals surface area (Å²) in [4.78, 5) is 19.2. The van der Waals surface area contributed by atoms with E-state index in [1.54, 1.807) is 12.4 Å². The molecular weight excluding hydrogens is 346 g/mol. The zero-order valence-corrected chi connectivity index (χ0v) is 14.0. The summed E-state index contributed by atoms with van der Waals surface area (Å²) in [5, 5.41) is 16.7. The Balaban J connectivity index is 1.79. The first-order valence-electron chi connectivity index (χ1n) is 7.60. The molecule has 2 heterocycles. The van der Waals surface area contributed by atoms with Crippen LogP contribution in [0.4, 0.5) is 11.5 Å². The van der Waals surface area contributed by atoms with Crippen molar-refractivity contribution < 1.29 is 14.6 Å². The van der Waals surface area contributed by atoms with Gasteiger partial charge in [-0.25, -0.2) is 9.97 Å². The van der Waals surface area contributed by atoms with E-state index in [2.05, 4.69) is 20.4 Å². The Hall–Kier alpha value is -2.87. The second kappa shape index (κ2) is 7.80. The maximum atomic E-state index is 10.7. The first kappa shape index (κ1) is 17.0. The lowest BCUT2D eigenvalue weighted by Crippen LogP contribution is -2.08. The van der Waals surface area contributed by atoms with Crippen LogP contribution in [0, 0.1) is 0 Å². The summed E-state index contributed by atoms with van der Waals surface area (Å²) >= 11 is 5.64. The Morgan fingerprint density at radius 1 is 1.36 bits per heavy atom. The van der Waals surface area contributed by atoms with Crippen LogP contribution in [-0.4, -0.2) is 43.3 Å². The Morgan fingerprint density at radius 2 is 2.24 bits per heavy atom. The van der Waals surface area contributed by atoms with Crippen molar-refractivity contribution in [2.75, 3.05) is 17.8 Å². The molecule has 0 amide bonds. The summed E-state index contributed by atoms with van der Waals surface area (Å²) < 4.78 is 6.95. The molecule has 130 valence electrons. The third-order valence-corrected chi connectivity index (χ3v) is 3.62. The average molecular weight is 362 g/mol. The van der Waals surface area contributed by atoms with Gasteiger partial charge in [0.05, 0.1) is 24.0 Å². The van der Waals surface area contributed by atoms with Crippen LogP contribution >= 0.6 is 11.6 Å².